The van der Waals surface area contributed by atoms with Gasteiger partial charge in [0.25, 0.3) is 9.05 Å². The lowest BCUT2D eigenvalue weighted by Crippen LogP contribution is -2.31. The molecule has 0 aliphatic carbocycles. The average Bonchev–Trinajstić information content (AvgIpc) is 2.43. The third kappa shape index (κ3) is 4.33. The summed E-state index contributed by atoms with van der Waals surface area (Å²) in [6.45, 7) is 12.7. The van der Waals surface area contributed by atoms with E-state index >= 15 is 0 Å². The number of benzene rings is 1. The third-order valence-electron chi connectivity index (χ3n) is 4.59. The molecule has 2 atom stereocenters. The van der Waals surface area contributed by atoms with Crippen LogP contribution in [0, 0.1) is 11.8 Å². The van der Waals surface area contributed by atoms with Crippen LogP contribution in [0.5, 0.6) is 0 Å². The quantitative estimate of drug-likeness (QED) is 0.513. The van der Waals surface area contributed by atoms with E-state index in [1.54, 1.807) is 12.1 Å². The van der Waals surface area contributed by atoms with Gasteiger partial charge in [-0.3, -0.25) is 0 Å². The van der Waals surface area contributed by atoms with Gasteiger partial charge in [-0.2, -0.15) is 0 Å². The van der Waals surface area contributed by atoms with Crippen LogP contribution in [-0.4, -0.2) is 8.42 Å². The number of allylic oxidation sites excluding steroid dienone is 1. The smallest absolute Gasteiger partial charge is 0.207 e. The largest absolute Gasteiger partial charge is 0.261 e. The monoisotopic (exact) mass is 328 g/mol. The van der Waals surface area contributed by atoms with Crippen LogP contribution >= 0.6 is 10.7 Å². The second kappa shape index (κ2) is 6.97. The summed E-state index contributed by atoms with van der Waals surface area (Å²) < 4.78 is 22.6. The first kappa shape index (κ1) is 18.2. The molecule has 21 heavy (non-hydrogen) atoms. The Balaban J connectivity index is 3.09. The van der Waals surface area contributed by atoms with Crippen molar-refractivity contribution in [1.82, 2.24) is 0 Å². The van der Waals surface area contributed by atoms with Crippen molar-refractivity contribution in [1.29, 1.82) is 0 Å². The zero-order valence-electron chi connectivity index (χ0n) is 13.3. The summed E-state index contributed by atoms with van der Waals surface area (Å²) >= 11 is 0. The molecular formula is C17H25ClO2S. The number of halogens is 1. The third-order valence-corrected chi connectivity index (χ3v) is 5.95. The van der Waals surface area contributed by atoms with Crippen LogP contribution in [0.1, 0.15) is 46.1 Å². The second-order valence-electron chi connectivity index (χ2n) is 6.16. The van der Waals surface area contributed by atoms with Gasteiger partial charge in [0.2, 0.25) is 0 Å². The van der Waals surface area contributed by atoms with Gasteiger partial charge in [-0.25, -0.2) is 8.42 Å². The fraction of sp³-hybridized carbons (Fsp3) is 0.529. The molecule has 0 radical (unpaired) electrons. The Morgan fingerprint density at radius 1 is 1.29 bits per heavy atom. The minimum Gasteiger partial charge on any atom is -0.207 e. The zero-order chi connectivity index (χ0) is 16.3. The maximum atomic E-state index is 11.3. The molecule has 0 saturated heterocycles. The van der Waals surface area contributed by atoms with Gasteiger partial charge in [0.15, 0.2) is 0 Å². The molecule has 2 unspecified atom stereocenters. The molecule has 4 heteroatoms. The Labute approximate surface area is 133 Å². The molecule has 0 N–H and O–H groups in total. The first-order chi connectivity index (χ1) is 9.64. The molecular weight excluding hydrogens is 304 g/mol. The highest BCUT2D eigenvalue weighted by atomic mass is 35.7. The summed E-state index contributed by atoms with van der Waals surface area (Å²) in [5.74, 6) is 0.856. The molecule has 2 nitrogen and oxygen atoms in total. The summed E-state index contributed by atoms with van der Waals surface area (Å²) in [5, 5.41) is 0. The highest BCUT2D eigenvalue weighted by Crippen LogP contribution is 2.38. The van der Waals surface area contributed by atoms with E-state index in [1.807, 2.05) is 18.2 Å². The Morgan fingerprint density at radius 2 is 1.81 bits per heavy atom. The van der Waals surface area contributed by atoms with Crippen molar-refractivity contribution in [3.63, 3.8) is 0 Å². The summed E-state index contributed by atoms with van der Waals surface area (Å²) in [4.78, 5) is 0.144. The summed E-state index contributed by atoms with van der Waals surface area (Å²) in [7, 11) is 1.70. The van der Waals surface area contributed by atoms with E-state index in [1.165, 1.54) is 0 Å². The molecule has 1 aromatic carbocycles. The van der Waals surface area contributed by atoms with E-state index < -0.39 is 9.05 Å². The Morgan fingerprint density at radius 3 is 2.19 bits per heavy atom. The lowest BCUT2D eigenvalue weighted by molar-refractivity contribution is 0.259. The predicted octanol–water partition coefficient (Wildman–Crippen LogP) is 5.13. The molecule has 0 amide bonds. The van der Waals surface area contributed by atoms with Crippen molar-refractivity contribution in [3.8, 4) is 0 Å². The van der Waals surface area contributed by atoms with Gasteiger partial charge in [0, 0.05) is 10.7 Å². The Kier molecular flexibility index (Phi) is 6.06. The van der Waals surface area contributed by atoms with Crippen molar-refractivity contribution < 1.29 is 8.42 Å². The van der Waals surface area contributed by atoms with E-state index in [4.69, 9.17) is 10.7 Å². The van der Waals surface area contributed by atoms with E-state index in [0.717, 1.165) is 18.4 Å². The van der Waals surface area contributed by atoms with Gasteiger partial charge >= 0.3 is 0 Å². The maximum Gasteiger partial charge on any atom is 0.261 e. The molecule has 0 aliphatic heterocycles. The molecule has 0 spiro atoms. The molecule has 118 valence electrons. The Bertz CT molecular complexity index is 573. The second-order valence-corrected chi connectivity index (χ2v) is 8.73. The molecule has 0 saturated carbocycles. The normalized spacial score (nSPS) is 15.5. The van der Waals surface area contributed by atoms with Crippen LogP contribution in [0.3, 0.4) is 0 Å². The Hall–Kier alpha value is -0.800. The van der Waals surface area contributed by atoms with Crippen molar-refractivity contribution in [3.05, 3.63) is 42.5 Å². The van der Waals surface area contributed by atoms with Crippen molar-refractivity contribution in [2.24, 2.45) is 11.8 Å². The van der Waals surface area contributed by atoms with Crippen LogP contribution < -0.4 is 0 Å². The minimum atomic E-state index is -3.66. The lowest BCUT2D eigenvalue weighted by Gasteiger charge is -2.37. The van der Waals surface area contributed by atoms with Crippen LogP contribution in [-0.2, 0) is 14.5 Å². The van der Waals surface area contributed by atoms with Crippen molar-refractivity contribution in [2.75, 3.05) is 0 Å². The SMILES string of the molecule is C=CC(CCC)C(C)C(C)(C)c1ccc(S(=O)(=O)Cl)cc1. The zero-order valence-corrected chi connectivity index (χ0v) is 14.8. The van der Waals surface area contributed by atoms with Gasteiger partial charge in [0.1, 0.15) is 0 Å². The van der Waals surface area contributed by atoms with E-state index in [-0.39, 0.29) is 10.3 Å². The number of hydrogen-bond donors (Lipinski definition) is 0. The maximum absolute atomic E-state index is 11.3. The first-order valence-electron chi connectivity index (χ1n) is 7.32. The number of rotatable bonds is 7. The van der Waals surface area contributed by atoms with Gasteiger partial charge in [-0.05, 0) is 41.4 Å². The summed E-state index contributed by atoms with van der Waals surface area (Å²) in [5.41, 5.74) is 1.05. The molecule has 0 aliphatic rings. The van der Waals surface area contributed by atoms with Crippen LogP contribution in [0.2, 0.25) is 0 Å². The van der Waals surface area contributed by atoms with Crippen LogP contribution in [0.15, 0.2) is 41.8 Å². The van der Waals surface area contributed by atoms with E-state index in [0.29, 0.717) is 11.8 Å². The summed E-state index contributed by atoms with van der Waals surface area (Å²) in [6, 6.07) is 6.87. The van der Waals surface area contributed by atoms with Gasteiger partial charge < -0.3 is 0 Å². The average molecular weight is 329 g/mol. The molecule has 1 rings (SSSR count). The molecule has 1 aromatic rings. The lowest BCUT2D eigenvalue weighted by atomic mass is 9.68. The van der Waals surface area contributed by atoms with E-state index in [9.17, 15) is 8.42 Å². The minimum absolute atomic E-state index is 0.0668. The fourth-order valence-corrected chi connectivity index (χ4v) is 3.52. The molecule has 0 fully saturated rings. The molecule has 0 heterocycles. The topological polar surface area (TPSA) is 34.1 Å². The van der Waals surface area contributed by atoms with Crippen LogP contribution in [0.4, 0.5) is 0 Å². The van der Waals surface area contributed by atoms with Gasteiger partial charge in [-0.15, -0.1) is 6.58 Å². The van der Waals surface area contributed by atoms with Gasteiger partial charge in [-0.1, -0.05) is 52.3 Å². The van der Waals surface area contributed by atoms with E-state index in [2.05, 4.69) is 34.3 Å². The van der Waals surface area contributed by atoms with Crippen molar-refractivity contribution >= 4 is 19.7 Å². The summed E-state index contributed by atoms with van der Waals surface area (Å²) in [6.07, 6.45) is 4.27. The van der Waals surface area contributed by atoms with Gasteiger partial charge in [0.05, 0.1) is 4.90 Å². The van der Waals surface area contributed by atoms with Crippen molar-refractivity contribution in [2.45, 2.75) is 50.8 Å². The predicted molar refractivity (Wildman–Crippen MR) is 90.3 cm³/mol. The number of hydrogen-bond acceptors (Lipinski definition) is 2. The highest BCUT2D eigenvalue weighted by Gasteiger charge is 2.32. The highest BCUT2D eigenvalue weighted by molar-refractivity contribution is 8.13. The fourth-order valence-electron chi connectivity index (χ4n) is 2.75. The molecule has 0 bridgehead atoms. The standard InChI is InChI=1S/C17H25ClO2S/c1-6-8-14(7-2)13(3)17(4,5)15-9-11-16(12-10-15)21(18,19)20/h7,9-14H,2,6,8H2,1,3-5H3. The first-order valence-corrected chi connectivity index (χ1v) is 9.63. The van der Waals surface area contributed by atoms with Crippen LogP contribution in [0.25, 0.3) is 0 Å². The molecule has 0 aromatic heterocycles.